The lowest BCUT2D eigenvalue weighted by molar-refractivity contribution is -0.138. The number of rotatable bonds is 6. The van der Waals surface area contributed by atoms with Crippen molar-refractivity contribution in [2.45, 2.75) is 25.7 Å². The van der Waals surface area contributed by atoms with Crippen LogP contribution in [0.3, 0.4) is 0 Å². The number of pyridine rings is 1. The summed E-state index contributed by atoms with van der Waals surface area (Å²) < 4.78 is 16.8. The Labute approximate surface area is 171 Å². The average Bonchev–Trinajstić information content (AvgIpc) is 3.49. The molecule has 1 unspecified atom stereocenters. The number of carboxylic acid groups (broad SMARTS) is 1. The van der Waals surface area contributed by atoms with Gasteiger partial charge < -0.3 is 19.0 Å². The van der Waals surface area contributed by atoms with Crippen LogP contribution in [0.5, 0.6) is 5.75 Å². The highest BCUT2D eigenvalue weighted by Crippen LogP contribution is 2.39. The van der Waals surface area contributed by atoms with Gasteiger partial charge in [0.25, 0.3) is 0 Å². The molecule has 7 heteroatoms. The van der Waals surface area contributed by atoms with Crippen molar-refractivity contribution in [3.63, 3.8) is 0 Å². The number of aromatic nitrogens is 2. The molecule has 3 heterocycles. The summed E-state index contributed by atoms with van der Waals surface area (Å²) >= 11 is 0. The monoisotopic (exact) mass is 402 g/mol. The Hall–Kier alpha value is -3.71. The molecule has 5 rings (SSSR count). The number of nitrogens with zero attached hydrogens (tertiary/aromatic N) is 2. The molecule has 0 saturated carbocycles. The third-order valence-electron chi connectivity index (χ3n) is 5.03. The number of aryl methyl sites for hydroxylation is 1. The van der Waals surface area contributed by atoms with Gasteiger partial charge in [0.2, 0.25) is 5.89 Å². The second-order valence-electron chi connectivity index (χ2n) is 7.08. The van der Waals surface area contributed by atoms with E-state index in [9.17, 15) is 4.79 Å². The maximum Gasteiger partial charge on any atom is 0.335 e. The second-order valence-corrected chi connectivity index (χ2v) is 7.08. The standard InChI is InChI=1S/C23H18N2O5/c1-13-19(12-28-16-9-6-15(7-10-16)20-21(30-20)23(26)27)25-22(29-13)18-11-8-14-4-2-3-5-17(14)24-18/h2-11,20-21H,12H2,1H3,(H,26,27)/t20?,21-/m0/s1. The van der Waals surface area contributed by atoms with Crippen LogP contribution in [0.2, 0.25) is 0 Å². The molecule has 0 amide bonds. The lowest BCUT2D eigenvalue weighted by Crippen LogP contribution is -2.04. The maximum absolute atomic E-state index is 10.9. The van der Waals surface area contributed by atoms with Crippen molar-refractivity contribution in [1.82, 2.24) is 9.97 Å². The van der Waals surface area contributed by atoms with E-state index < -0.39 is 12.1 Å². The summed E-state index contributed by atoms with van der Waals surface area (Å²) in [6.45, 7) is 2.09. The molecule has 1 fully saturated rings. The van der Waals surface area contributed by atoms with Crippen LogP contribution in [0.4, 0.5) is 0 Å². The van der Waals surface area contributed by atoms with Crippen LogP contribution >= 0.6 is 0 Å². The summed E-state index contributed by atoms with van der Waals surface area (Å²) in [4.78, 5) is 20.1. The Morgan fingerprint density at radius 1 is 1.07 bits per heavy atom. The fraction of sp³-hybridized carbons (Fsp3) is 0.174. The number of hydrogen-bond donors (Lipinski definition) is 1. The van der Waals surface area contributed by atoms with Crippen molar-refractivity contribution >= 4 is 16.9 Å². The Morgan fingerprint density at radius 2 is 1.87 bits per heavy atom. The van der Waals surface area contributed by atoms with Crippen molar-refractivity contribution in [3.8, 4) is 17.3 Å². The summed E-state index contributed by atoms with van der Waals surface area (Å²) in [7, 11) is 0. The zero-order valence-electron chi connectivity index (χ0n) is 16.1. The van der Waals surface area contributed by atoms with E-state index in [4.69, 9.17) is 19.0 Å². The quantitative estimate of drug-likeness (QED) is 0.480. The molecule has 2 atom stereocenters. The maximum atomic E-state index is 10.9. The van der Waals surface area contributed by atoms with Gasteiger partial charge in [0.15, 0.2) is 6.10 Å². The molecular weight excluding hydrogens is 384 g/mol. The van der Waals surface area contributed by atoms with Crippen LogP contribution in [-0.2, 0) is 16.1 Å². The molecule has 2 aromatic carbocycles. The molecule has 0 bridgehead atoms. The number of ether oxygens (including phenoxy) is 2. The number of epoxide rings is 1. The summed E-state index contributed by atoms with van der Waals surface area (Å²) in [5.74, 6) is 0.836. The highest BCUT2D eigenvalue weighted by molar-refractivity contribution is 5.80. The molecule has 1 saturated heterocycles. The minimum atomic E-state index is -0.946. The first kappa shape index (κ1) is 18.3. The largest absolute Gasteiger partial charge is 0.487 e. The van der Waals surface area contributed by atoms with E-state index in [1.165, 1.54) is 0 Å². The number of carbonyl (C=O) groups is 1. The Kier molecular flexibility index (Phi) is 4.44. The van der Waals surface area contributed by atoms with E-state index in [0.717, 1.165) is 16.5 Å². The molecule has 0 aliphatic carbocycles. The predicted octanol–water partition coefficient (Wildman–Crippen LogP) is 4.30. The first-order chi connectivity index (χ1) is 14.6. The van der Waals surface area contributed by atoms with E-state index in [-0.39, 0.29) is 12.7 Å². The third-order valence-corrected chi connectivity index (χ3v) is 5.03. The fourth-order valence-electron chi connectivity index (χ4n) is 3.32. The topological polar surface area (TPSA) is 98.0 Å². The highest BCUT2D eigenvalue weighted by Gasteiger charge is 2.46. The summed E-state index contributed by atoms with van der Waals surface area (Å²) in [5.41, 5.74) is 3.07. The number of para-hydroxylation sites is 1. The van der Waals surface area contributed by atoms with Gasteiger partial charge in [-0.3, -0.25) is 0 Å². The molecule has 0 radical (unpaired) electrons. The van der Waals surface area contributed by atoms with E-state index in [1.54, 1.807) is 12.1 Å². The molecule has 150 valence electrons. The smallest absolute Gasteiger partial charge is 0.335 e. The molecular formula is C23H18N2O5. The van der Waals surface area contributed by atoms with E-state index >= 15 is 0 Å². The van der Waals surface area contributed by atoms with Gasteiger partial charge in [-0.05, 0) is 36.8 Å². The molecule has 1 N–H and O–H groups in total. The SMILES string of the molecule is Cc1oc(-c2ccc3ccccc3n2)nc1COc1ccc(C2O[C@@H]2C(=O)O)cc1. The number of benzene rings is 2. The average molecular weight is 402 g/mol. The van der Waals surface area contributed by atoms with Crippen LogP contribution in [0.1, 0.15) is 23.1 Å². The first-order valence-corrected chi connectivity index (χ1v) is 9.52. The van der Waals surface area contributed by atoms with Crippen molar-refractivity contribution in [2.75, 3.05) is 0 Å². The predicted molar refractivity (Wildman–Crippen MR) is 108 cm³/mol. The van der Waals surface area contributed by atoms with Gasteiger partial charge in [-0.15, -0.1) is 0 Å². The van der Waals surface area contributed by atoms with Crippen molar-refractivity contribution in [2.24, 2.45) is 0 Å². The zero-order valence-corrected chi connectivity index (χ0v) is 16.1. The lowest BCUT2D eigenvalue weighted by Gasteiger charge is -2.05. The number of aliphatic carboxylic acids is 1. The van der Waals surface area contributed by atoms with Crippen molar-refractivity contribution in [3.05, 3.63) is 77.7 Å². The Balaban J connectivity index is 1.28. The lowest BCUT2D eigenvalue weighted by atomic mass is 10.1. The number of carboxylic acids is 1. The van der Waals surface area contributed by atoms with Crippen molar-refractivity contribution in [1.29, 1.82) is 0 Å². The van der Waals surface area contributed by atoms with E-state index in [0.29, 0.717) is 28.8 Å². The van der Waals surface area contributed by atoms with Gasteiger partial charge in [0, 0.05) is 5.39 Å². The zero-order chi connectivity index (χ0) is 20.7. The fourth-order valence-corrected chi connectivity index (χ4v) is 3.32. The molecule has 1 aliphatic rings. The molecule has 0 spiro atoms. The first-order valence-electron chi connectivity index (χ1n) is 9.52. The summed E-state index contributed by atoms with van der Waals surface area (Å²) in [6.07, 6.45) is -1.14. The van der Waals surface area contributed by atoms with Gasteiger partial charge in [0.05, 0.1) is 5.52 Å². The Bertz CT molecular complexity index is 1230. The normalized spacial score (nSPS) is 17.8. The van der Waals surface area contributed by atoms with Crippen LogP contribution in [0.25, 0.3) is 22.5 Å². The number of hydrogen-bond acceptors (Lipinski definition) is 6. The van der Waals surface area contributed by atoms with Crippen LogP contribution in [0, 0.1) is 6.92 Å². The Morgan fingerprint density at radius 3 is 2.63 bits per heavy atom. The highest BCUT2D eigenvalue weighted by atomic mass is 16.6. The summed E-state index contributed by atoms with van der Waals surface area (Å²) in [5, 5.41) is 10.0. The molecule has 4 aromatic rings. The molecule has 7 nitrogen and oxygen atoms in total. The van der Waals surface area contributed by atoms with E-state index in [1.807, 2.05) is 55.5 Å². The molecule has 2 aromatic heterocycles. The van der Waals surface area contributed by atoms with E-state index in [2.05, 4.69) is 9.97 Å². The van der Waals surface area contributed by atoms with Gasteiger partial charge in [-0.1, -0.05) is 36.4 Å². The number of fused-ring (bicyclic) bond motifs is 1. The van der Waals surface area contributed by atoms with Crippen LogP contribution in [0.15, 0.2) is 65.1 Å². The minimum Gasteiger partial charge on any atom is -0.487 e. The third kappa shape index (κ3) is 3.51. The van der Waals surface area contributed by atoms with Gasteiger partial charge >= 0.3 is 5.97 Å². The van der Waals surface area contributed by atoms with Crippen LogP contribution < -0.4 is 4.74 Å². The molecule has 1 aliphatic heterocycles. The number of oxazole rings is 1. The molecule has 30 heavy (non-hydrogen) atoms. The van der Waals surface area contributed by atoms with Gasteiger partial charge in [0.1, 0.15) is 35.6 Å². The minimum absolute atomic E-state index is 0.250. The van der Waals surface area contributed by atoms with Gasteiger partial charge in [-0.25, -0.2) is 14.8 Å². The summed E-state index contributed by atoms with van der Waals surface area (Å²) in [6, 6.07) is 19.0. The van der Waals surface area contributed by atoms with Crippen LogP contribution in [-0.4, -0.2) is 27.1 Å². The van der Waals surface area contributed by atoms with Gasteiger partial charge in [-0.2, -0.15) is 0 Å². The van der Waals surface area contributed by atoms with Crippen molar-refractivity contribution < 1.29 is 23.8 Å². The second kappa shape index (κ2) is 7.27.